The van der Waals surface area contributed by atoms with Crippen LogP contribution in [0.5, 0.6) is 0 Å². The molecular weight excluding hydrogens is 182 g/mol. The Morgan fingerprint density at radius 2 is 2.00 bits per heavy atom. The van der Waals surface area contributed by atoms with Gasteiger partial charge in [-0.2, -0.15) is 0 Å². The van der Waals surface area contributed by atoms with Crippen molar-refractivity contribution in [1.29, 1.82) is 0 Å². The second-order valence-corrected chi connectivity index (χ2v) is 3.24. The lowest BCUT2D eigenvalue weighted by Crippen LogP contribution is -2.34. The van der Waals surface area contributed by atoms with Gasteiger partial charge in [-0.3, -0.25) is 0 Å². The number of hydrogen-bond acceptors (Lipinski definition) is 4. The summed E-state index contributed by atoms with van der Waals surface area (Å²) >= 11 is 0. The molecule has 0 fully saturated rings. The summed E-state index contributed by atoms with van der Waals surface area (Å²) in [6.07, 6.45) is 0.212. The third-order valence-electron chi connectivity index (χ3n) is 1.77. The molecule has 0 radical (unpaired) electrons. The zero-order chi connectivity index (χ0) is 10.8. The predicted octanol–water partition coefficient (Wildman–Crippen LogP) is 0.662. The summed E-state index contributed by atoms with van der Waals surface area (Å²) in [5, 5.41) is 3.07. The van der Waals surface area contributed by atoms with E-state index in [2.05, 4.69) is 5.32 Å². The van der Waals surface area contributed by atoms with Crippen molar-refractivity contribution in [1.82, 2.24) is 5.32 Å². The molecule has 4 heteroatoms. The van der Waals surface area contributed by atoms with Crippen LogP contribution in [0.4, 0.5) is 0 Å². The van der Waals surface area contributed by atoms with Crippen molar-refractivity contribution in [2.24, 2.45) is 0 Å². The van der Waals surface area contributed by atoms with Gasteiger partial charge in [-0.05, 0) is 20.9 Å². The molecule has 2 unspecified atom stereocenters. The average molecular weight is 205 g/mol. The summed E-state index contributed by atoms with van der Waals surface area (Å²) < 4.78 is 16.0. The molecule has 0 saturated carbocycles. The summed E-state index contributed by atoms with van der Waals surface area (Å²) in [5.41, 5.74) is 0. The molecule has 0 aliphatic rings. The van der Waals surface area contributed by atoms with Gasteiger partial charge in [0.25, 0.3) is 0 Å². The molecule has 1 N–H and O–H groups in total. The van der Waals surface area contributed by atoms with Crippen LogP contribution in [0, 0.1) is 0 Å². The Bertz CT molecular complexity index is 116. The topological polar surface area (TPSA) is 39.7 Å². The quantitative estimate of drug-likeness (QED) is 0.600. The normalized spacial score (nSPS) is 15.4. The van der Waals surface area contributed by atoms with Crippen LogP contribution in [0.1, 0.15) is 13.8 Å². The molecule has 0 rings (SSSR count). The van der Waals surface area contributed by atoms with Crippen molar-refractivity contribution in [2.45, 2.75) is 26.1 Å². The monoisotopic (exact) mass is 205 g/mol. The fourth-order valence-electron chi connectivity index (χ4n) is 1.21. The molecule has 0 spiro atoms. The summed E-state index contributed by atoms with van der Waals surface area (Å²) in [5.74, 6) is 0. The first-order chi connectivity index (χ1) is 6.74. The first-order valence-electron chi connectivity index (χ1n) is 5.11. The second kappa shape index (κ2) is 9.40. The Kier molecular flexibility index (Phi) is 9.29. The van der Waals surface area contributed by atoms with Crippen molar-refractivity contribution in [3.8, 4) is 0 Å². The van der Waals surface area contributed by atoms with E-state index in [-0.39, 0.29) is 12.2 Å². The lowest BCUT2D eigenvalue weighted by Gasteiger charge is -2.21. The predicted molar refractivity (Wildman–Crippen MR) is 56.6 cm³/mol. The van der Waals surface area contributed by atoms with Gasteiger partial charge in [0.1, 0.15) is 0 Å². The van der Waals surface area contributed by atoms with Gasteiger partial charge in [-0.1, -0.05) is 0 Å². The van der Waals surface area contributed by atoms with Crippen molar-refractivity contribution in [3.05, 3.63) is 0 Å². The highest BCUT2D eigenvalue weighted by Crippen LogP contribution is 1.99. The molecule has 2 atom stereocenters. The molecule has 0 saturated heterocycles. The standard InChI is InChI=1S/C10H23NO3/c1-5-13-7-9(2)14-10(6-11-3)8-12-4/h9-11H,5-8H2,1-4H3. The van der Waals surface area contributed by atoms with Gasteiger partial charge in [0.2, 0.25) is 0 Å². The average Bonchev–Trinajstić information content (AvgIpc) is 2.15. The van der Waals surface area contributed by atoms with Crippen LogP contribution in [0.3, 0.4) is 0 Å². The van der Waals surface area contributed by atoms with Gasteiger partial charge >= 0.3 is 0 Å². The third-order valence-corrected chi connectivity index (χ3v) is 1.77. The highest BCUT2D eigenvalue weighted by atomic mass is 16.6. The second-order valence-electron chi connectivity index (χ2n) is 3.24. The zero-order valence-corrected chi connectivity index (χ0v) is 9.71. The van der Waals surface area contributed by atoms with Gasteiger partial charge < -0.3 is 19.5 Å². The maximum atomic E-state index is 5.72. The van der Waals surface area contributed by atoms with Crippen molar-refractivity contribution < 1.29 is 14.2 Å². The van der Waals surface area contributed by atoms with Gasteiger partial charge in [0.05, 0.1) is 25.4 Å². The van der Waals surface area contributed by atoms with Crippen LogP contribution < -0.4 is 5.32 Å². The van der Waals surface area contributed by atoms with E-state index >= 15 is 0 Å². The molecule has 0 aromatic rings. The number of methoxy groups -OCH3 is 1. The largest absolute Gasteiger partial charge is 0.382 e. The number of ether oxygens (including phenoxy) is 3. The fraction of sp³-hybridized carbons (Fsp3) is 1.00. The molecule has 4 nitrogen and oxygen atoms in total. The lowest BCUT2D eigenvalue weighted by molar-refractivity contribution is -0.0687. The van der Waals surface area contributed by atoms with Crippen molar-refractivity contribution >= 4 is 0 Å². The van der Waals surface area contributed by atoms with Crippen LogP contribution in [0.25, 0.3) is 0 Å². The molecule has 0 bridgehead atoms. The van der Waals surface area contributed by atoms with Crippen LogP contribution in [-0.4, -0.2) is 52.7 Å². The summed E-state index contributed by atoms with van der Waals surface area (Å²) in [6, 6.07) is 0. The van der Waals surface area contributed by atoms with E-state index in [1.807, 2.05) is 20.9 Å². The first-order valence-corrected chi connectivity index (χ1v) is 5.11. The maximum Gasteiger partial charge on any atom is 0.0936 e. The molecule has 0 heterocycles. The van der Waals surface area contributed by atoms with Gasteiger partial charge in [0.15, 0.2) is 0 Å². The summed E-state index contributed by atoms with van der Waals surface area (Å²) in [4.78, 5) is 0. The van der Waals surface area contributed by atoms with Gasteiger partial charge in [0, 0.05) is 20.3 Å². The third kappa shape index (κ3) is 7.26. The van der Waals surface area contributed by atoms with Crippen LogP contribution in [-0.2, 0) is 14.2 Å². The highest BCUT2D eigenvalue weighted by molar-refractivity contribution is 4.61. The van der Waals surface area contributed by atoms with E-state index in [4.69, 9.17) is 14.2 Å². The molecule has 0 amide bonds. The molecule has 0 aromatic heterocycles. The molecule has 0 aliphatic carbocycles. The Morgan fingerprint density at radius 1 is 1.29 bits per heavy atom. The zero-order valence-electron chi connectivity index (χ0n) is 9.71. The number of rotatable bonds is 9. The van der Waals surface area contributed by atoms with Crippen molar-refractivity contribution in [2.75, 3.05) is 40.5 Å². The van der Waals surface area contributed by atoms with E-state index in [0.29, 0.717) is 13.2 Å². The summed E-state index contributed by atoms with van der Waals surface area (Å²) in [6.45, 7) is 6.76. The molecule has 14 heavy (non-hydrogen) atoms. The smallest absolute Gasteiger partial charge is 0.0936 e. The molecule has 0 aliphatic heterocycles. The SMILES string of the molecule is CCOCC(C)OC(CNC)COC. The number of nitrogens with one attached hydrogen (secondary N) is 1. The van der Waals surface area contributed by atoms with Gasteiger partial charge in [-0.25, -0.2) is 0 Å². The fourth-order valence-corrected chi connectivity index (χ4v) is 1.21. The van der Waals surface area contributed by atoms with Gasteiger partial charge in [-0.15, -0.1) is 0 Å². The maximum absolute atomic E-state index is 5.72. The minimum absolute atomic E-state index is 0.0976. The van der Waals surface area contributed by atoms with Crippen LogP contribution in [0.2, 0.25) is 0 Å². The summed E-state index contributed by atoms with van der Waals surface area (Å²) in [7, 11) is 3.58. The van der Waals surface area contributed by atoms with Crippen LogP contribution in [0.15, 0.2) is 0 Å². The minimum Gasteiger partial charge on any atom is -0.382 e. The number of likely N-dealkylation sites (N-methyl/N-ethyl adjacent to an activating group) is 1. The van der Waals surface area contributed by atoms with Crippen molar-refractivity contribution in [3.63, 3.8) is 0 Å². The lowest BCUT2D eigenvalue weighted by atomic mass is 10.3. The van der Waals surface area contributed by atoms with Crippen LogP contribution >= 0.6 is 0 Å². The Hall–Kier alpha value is -0.160. The Labute approximate surface area is 86.9 Å². The van der Waals surface area contributed by atoms with E-state index in [1.54, 1.807) is 7.11 Å². The molecule has 0 aromatic carbocycles. The Morgan fingerprint density at radius 3 is 2.50 bits per heavy atom. The number of hydrogen-bond donors (Lipinski definition) is 1. The molecule has 86 valence electrons. The first kappa shape index (κ1) is 13.8. The van der Waals surface area contributed by atoms with E-state index < -0.39 is 0 Å². The molecular formula is C10H23NO3. The highest BCUT2D eigenvalue weighted by Gasteiger charge is 2.12. The van der Waals surface area contributed by atoms with E-state index in [1.165, 1.54) is 0 Å². The van der Waals surface area contributed by atoms with E-state index in [9.17, 15) is 0 Å². The Balaban J connectivity index is 3.64. The minimum atomic E-state index is 0.0976. The van der Waals surface area contributed by atoms with E-state index in [0.717, 1.165) is 13.2 Å².